The van der Waals surface area contributed by atoms with Crippen molar-refractivity contribution in [2.45, 2.75) is 24.7 Å². The molecule has 0 N–H and O–H groups in total. The molecule has 0 bridgehead atoms. The maximum absolute atomic E-state index is 14.0. The third-order valence-corrected chi connectivity index (χ3v) is 4.00. The largest absolute Gasteiger partial charge is 0.468 e. The zero-order valence-electron chi connectivity index (χ0n) is 11.8. The minimum absolute atomic E-state index is 0.0123. The molecule has 1 aromatic carbocycles. The number of methoxy groups -OCH3 is 1. The van der Waals surface area contributed by atoms with Crippen LogP contribution in [0, 0.1) is 5.82 Å². The zero-order valence-corrected chi connectivity index (χ0v) is 14.2. The van der Waals surface area contributed by atoms with Crippen molar-refractivity contribution in [1.82, 2.24) is 0 Å². The van der Waals surface area contributed by atoms with Gasteiger partial charge < -0.3 is 9.47 Å². The van der Waals surface area contributed by atoms with Gasteiger partial charge in [-0.2, -0.15) is 0 Å². The molecule has 7 heteroatoms. The zero-order chi connectivity index (χ0) is 15.8. The van der Waals surface area contributed by atoms with E-state index >= 15 is 0 Å². The van der Waals surface area contributed by atoms with Crippen molar-refractivity contribution in [3.63, 3.8) is 0 Å². The molecule has 0 aliphatic rings. The normalized spacial score (nSPS) is 10.3. The Hall–Kier alpha value is -1.08. The highest BCUT2D eigenvalue weighted by Gasteiger charge is 2.20. The average Bonchev–Trinajstić information content (AvgIpc) is 2.44. The molecule has 1 rings (SSSR count). The molecular formula is C14H16BrFO4S. The number of carbonyl (C=O) groups is 2. The lowest BCUT2D eigenvalue weighted by Crippen LogP contribution is -2.11. The number of ether oxygens (including phenoxy) is 2. The lowest BCUT2D eigenvalue weighted by atomic mass is 10.2. The molecule has 0 saturated carbocycles. The quantitative estimate of drug-likeness (QED) is 0.410. The van der Waals surface area contributed by atoms with Gasteiger partial charge in [-0.15, -0.1) is 11.8 Å². The van der Waals surface area contributed by atoms with Gasteiger partial charge in [0.2, 0.25) is 0 Å². The average molecular weight is 379 g/mol. The molecule has 21 heavy (non-hydrogen) atoms. The van der Waals surface area contributed by atoms with E-state index in [1.54, 1.807) is 6.07 Å². The van der Waals surface area contributed by atoms with E-state index in [1.165, 1.54) is 13.2 Å². The number of hydrogen-bond donors (Lipinski definition) is 0. The summed E-state index contributed by atoms with van der Waals surface area (Å²) in [5.41, 5.74) is -0.150. The third kappa shape index (κ3) is 5.67. The second-order valence-corrected chi connectivity index (χ2v) is 6.05. The molecule has 0 amide bonds. The van der Waals surface area contributed by atoms with Crippen molar-refractivity contribution in [3.05, 3.63) is 28.0 Å². The Morgan fingerprint density at radius 3 is 2.71 bits per heavy atom. The minimum atomic E-state index is -0.721. The van der Waals surface area contributed by atoms with Crippen LogP contribution in [0.2, 0.25) is 0 Å². The summed E-state index contributed by atoms with van der Waals surface area (Å²) in [6, 6.07) is 2.77. The molecule has 0 spiro atoms. The molecular weight excluding hydrogens is 363 g/mol. The SMILES string of the molecule is CCCCOC(=O)c1c(F)cc(Br)cc1SCC(=O)OC. The molecule has 0 radical (unpaired) electrons. The summed E-state index contributed by atoms with van der Waals surface area (Å²) in [7, 11) is 1.27. The monoisotopic (exact) mass is 378 g/mol. The second-order valence-electron chi connectivity index (χ2n) is 4.12. The van der Waals surface area contributed by atoms with E-state index < -0.39 is 17.8 Å². The molecule has 0 atom stereocenters. The first-order valence-electron chi connectivity index (χ1n) is 6.35. The number of unbranched alkanes of at least 4 members (excludes halogenated alkanes) is 1. The molecule has 0 heterocycles. The number of hydrogen-bond acceptors (Lipinski definition) is 5. The molecule has 0 aromatic heterocycles. The van der Waals surface area contributed by atoms with Gasteiger partial charge in [-0.25, -0.2) is 9.18 Å². The number of halogens is 2. The highest BCUT2D eigenvalue weighted by atomic mass is 79.9. The molecule has 0 saturated heterocycles. The molecule has 4 nitrogen and oxygen atoms in total. The van der Waals surface area contributed by atoms with Crippen molar-refractivity contribution < 1.29 is 23.5 Å². The van der Waals surface area contributed by atoms with Crippen molar-refractivity contribution in [2.24, 2.45) is 0 Å². The van der Waals surface area contributed by atoms with Crippen LogP contribution in [0.1, 0.15) is 30.1 Å². The van der Waals surface area contributed by atoms with Crippen molar-refractivity contribution in [3.8, 4) is 0 Å². The third-order valence-electron chi connectivity index (χ3n) is 2.53. The van der Waals surface area contributed by atoms with Gasteiger partial charge in [0.1, 0.15) is 11.4 Å². The van der Waals surface area contributed by atoms with Gasteiger partial charge in [0, 0.05) is 9.37 Å². The van der Waals surface area contributed by atoms with Gasteiger partial charge in [0.05, 0.1) is 19.5 Å². The van der Waals surface area contributed by atoms with Gasteiger partial charge in [0.15, 0.2) is 0 Å². The van der Waals surface area contributed by atoms with Gasteiger partial charge >= 0.3 is 11.9 Å². The summed E-state index contributed by atoms with van der Waals surface area (Å²) in [4.78, 5) is 23.5. The van der Waals surface area contributed by atoms with Gasteiger partial charge in [-0.05, 0) is 18.6 Å². The molecule has 116 valence electrons. The van der Waals surface area contributed by atoms with Crippen molar-refractivity contribution >= 4 is 39.6 Å². The van der Waals surface area contributed by atoms with E-state index in [4.69, 9.17) is 4.74 Å². The number of benzene rings is 1. The molecule has 0 aliphatic heterocycles. The van der Waals surface area contributed by atoms with E-state index in [9.17, 15) is 14.0 Å². The maximum atomic E-state index is 14.0. The second kappa shape index (κ2) is 9.04. The summed E-state index contributed by atoms with van der Waals surface area (Å²) >= 11 is 4.19. The fourth-order valence-electron chi connectivity index (χ4n) is 1.44. The lowest BCUT2D eigenvalue weighted by molar-refractivity contribution is -0.137. The fourth-order valence-corrected chi connectivity index (χ4v) is 2.95. The predicted molar refractivity (Wildman–Crippen MR) is 82.0 cm³/mol. The summed E-state index contributed by atoms with van der Waals surface area (Å²) in [5.74, 6) is -1.87. The Labute approximate surface area is 135 Å². The van der Waals surface area contributed by atoms with Gasteiger partial charge in [-0.1, -0.05) is 29.3 Å². The Bertz CT molecular complexity index is 522. The number of thioether (sulfide) groups is 1. The Morgan fingerprint density at radius 2 is 2.10 bits per heavy atom. The first kappa shape index (κ1) is 18.0. The van der Waals surface area contributed by atoms with Crippen molar-refractivity contribution in [1.29, 1.82) is 0 Å². The summed E-state index contributed by atoms with van der Waals surface area (Å²) < 4.78 is 24.1. The number of esters is 2. The van der Waals surface area contributed by atoms with E-state index in [1.807, 2.05) is 6.92 Å². The fraction of sp³-hybridized carbons (Fsp3) is 0.429. The molecule has 0 aliphatic carbocycles. The van der Waals surface area contributed by atoms with E-state index in [-0.39, 0.29) is 17.9 Å². The molecule has 1 aromatic rings. The molecule has 0 unspecified atom stereocenters. The standard InChI is InChI=1S/C14H16BrFO4S/c1-3-4-5-20-14(18)13-10(16)6-9(15)7-11(13)21-8-12(17)19-2/h6-7H,3-5,8H2,1-2H3. The lowest BCUT2D eigenvalue weighted by Gasteiger charge is -2.10. The van der Waals surface area contributed by atoms with Crippen LogP contribution in [-0.4, -0.2) is 31.4 Å². The minimum Gasteiger partial charge on any atom is -0.468 e. The van der Waals surface area contributed by atoms with Crippen LogP contribution >= 0.6 is 27.7 Å². The smallest absolute Gasteiger partial charge is 0.342 e. The van der Waals surface area contributed by atoms with Gasteiger partial charge in [0.25, 0.3) is 0 Å². The number of carbonyl (C=O) groups excluding carboxylic acids is 2. The molecule has 0 fully saturated rings. The number of rotatable bonds is 7. The predicted octanol–water partition coefficient (Wildman–Crippen LogP) is 3.81. The maximum Gasteiger partial charge on any atom is 0.342 e. The highest BCUT2D eigenvalue weighted by Crippen LogP contribution is 2.29. The van der Waals surface area contributed by atoms with E-state index in [2.05, 4.69) is 20.7 Å². The Kier molecular flexibility index (Phi) is 7.74. The topological polar surface area (TPSA) is 52.6 Å². The first-order chi connectivity index (χ1) is 9.99. The summed E-state index contributed by atoms with van der Waals surface area (Å²) in [6.07, 6.45) is 1.59. The van der Waals surface area contributed by atoms with Gasteiger partial charge in [-0.3, -0.25) is 4.79 Å². The summed E-state index contributed by atoms with van der Waals surface area (Å²) in [6.45, 7) is 2.21. The first-order valence-corrected chi connectivity index (χ1v) is 8.13. The van der Waals surface area contributed by atoms with Crippen LogP contribution in [-0.2, 0) is 14.3 Å². The van der Waals surface area contributed by atoms with E-state index in [0.717, 1.165) is 18.2 Å². The van der Waals surface area contributed by atoms with E-state index in [0.29, 0.717) is 15.8 Å². The van der Waals surface area contributed by atoms with Crippen LogP contribution < -0.4 is 0 Å². The van der Waals surface area contributed by atoms with Crippen LogP contribution in [0.15, 0.2) is 21.5 Å². The Morgan fingerprint density at radius 1 is 1.38 bits per heavy atom. The summed E-state index contributed by atoms with van der Waals surface area (Å²) in [5, 5.41) is 0. The van der Waals surface area contributed by atoms with Crippen molar-refractivity contribution in [2.75, 3.05) is 19.5 Å². The van der Waals surface area contributed by atoms with Crippen LogP contribution in [0.4, 0.5) is 4.39 Å². The Balaban J connectivity index is 2.94. The van der Waals surface area contributed by atoms with Crippen LogP contribution in [0.25, 0.3) is 0 Å². The van der Waals surface area contributed by atoms with Crippen LogP contribution in [0.5, 0.6) is 0 Å². The van der Waals surface area contributed by atoms with Crippen LogP contribution in [0.3, 0.4) is 0 Å². The highest BCUT2D eigenvalue weighted by molar-refractivity contribution is 9.10.